The number of rotatable bonds is 9. The zero-order valence-corrected chi connectivity index (χ0v) is 28.5. The second-order valence-electron chi connectivity index (χ2n) is 13.2. The average molecular weight is 641 g/mol. The minimum atomic E-state index is -0.984. The number of fused-ring (bicyclic) bond motifs is 1. The first kappa shape index (κ1) is 34.0. The quantitative estimate of drug-likeness (QED) is 0.271. The van der Waals surface area contributed by atoms with Crippen molar-refractivity contribution in [3.8, 4) is 5.75 Å². The fraction of sp³-hybridized carbons (Fsp3) is 0.471. The Morgan fingerprint density at radius 3 is 2.43 bits per heavy atom. The van der Waals surface area contributed by atoms with Gasteiger partial charge in [-0.3, -0.25) is 9.69 Å². The molecule has 5 rings (SSSR count). The molecule has 0 aliphatic carbocycles. The van der Waals surface area contributed by atoms with Crippen molar-refractivity contribution in [1.82, 2.24) is 19.8 Å². The van der Waals surface area contributed by atoms with Crippen molar-refractivity contribution in [2.75, 3.05) is 81.0 Å². The molecule has 1 unspecified atom stereocenters. The van der Waals surface area contributed by atoms with Gasteiger partial charge in [0, 0.05) is 74.9 Å². The summed E-state index contributed by atoms with van der Waals surface area (Å²) in [5.74, 6) is 1.35. The normalized spacial score (nSPS) is 18.5. The SMILES string of the molecule is [B]C1(N(C)Cc2cnc(Nc3ccc(N4CCN(C)CC4)cc3)nc2N(C)C=O)CCN(C(=O)OC(C)(C)C)c2c(OC)cccc21. The summed E-state index contributed by atoms with van der Waals surface area (Å²) in [6.07, 6.45) is 2.39. The van der Waals surface area contributed by atoms with E-state index in [1.807, 2.05) is 57.0 Å². The van der Waals surface area contributed by atoms with Crippen LogP contribution in [0.4, 0.5) is 33.6 Å². The van der Waals surface area contributed by atoms with Gasteiger partial charge in [-0.05, 0) is 77.2 Å². The minimum Gasteiger partial charge on any atom is -0.495 e. The molecule has 3 aromatic rings. The molecule has 3 heterocycles. The Balaban J connectivity index is 1.38. The van der Waals surface area contributed by atoms with Crippen LogP contribution in [0.3, 0.4) is 0 Å². The summed E-state index contributed by atoms with van der Waals surface area (Å²) in [5, 5.41) is 3.28. The van der Waals surface area contributed by atoms with Crippen molar-refractivity contribution in [1.29, 1.82) is 0 Å². The van der Waals surface area contributed by atoms with Gasteiger partial charge in [0.1, 0.15) is 25.0 Å². The lowest BCUT2D eigenvalue weighted by molar-refractivity contribution is -0.107. The summed E-state index contributed by atoms with van der Waals surface area (Å²) in [5.41, 5.74) is 2.38. The molecule has 2 aromatic carbocycles. The minimum absolute atomic E-state index is 0.317. The monoisotopic (exact) mass is 640 g/mol. The number of aromatic nitrogens is 2. The lowest BCUT2D eigenvalue weighted by Crippen LogP contribution is -2.52. The predicted molar refractivity (Wildman–Crippen MR) is 186 cm³/mol. The number of carbonyl (C=O) groups excluding carboxylic acids is 2. The first-order chi connectivity index (χ1) is 22.3. The highest BCUT2D eigenvalue weighted by molar-refractivity contribution is 6.17. The van der Waals surface area contributed by atoms with Gasteiger partial charge >= 0.3 is 6.09 Å². The number of benzene rings is 2. The molecule has 0 bridgehead atoms. The fourth-order valence-corrected chi connectivity index (χ4v) is 6.01. The smallest absolute Gasteiger partial charge is 0.414 e. The molecule has 2 radical (unpaired) electrons. The van der Waals surface area contributed by atoms with Crippen LogP contribution >= 0.6 is 0 Å². The van der Waals surface area contributed by atoms with Crippen molar-refractivity contribution in [3.63, 3.8) is 0 Å². The Kier molecular flexibility index (Phi) is 9.97. The van der Waals surface area contributed by atoms with Crippen LogP contribution in [0.15, 0.2) is 48.7 Å². The molecule has 1 saturated heterocycles. The lowest BCUT2D eigenvalue weighted by Gasteiger charge is -2.47. The zero-order chi connectivity index (χ0) is 33.9. The third-order valence-corrected chi connectivity index (χ3v) is 8.70. The molecule has 0 saturated carbocycles. The van der Waals surface area contributed by atoms with E-state index < -0.39 is 17.1 Å². The molecule has 1 aromatic heterocycles. The van der Waals surface area contributed by atoms with Crippen molar-refractivity contribution < 1.29 is 19.1 Å². The molecule has 47 heavy (non-hydrogen) atoms. The van der Waals surface area contributed by atoms with E-state index in [0.717, 1.165) is 43.8 Å². The number of hydrogen-bond acceptors (Lipinski definition) is 10. The Morgan fingerprint density at radius 2 is 1.79 bits per heavy atom. The largest absolute Gasteiger partial charge is 0.495 e. The third-order valence-electron chi connectivity index (χ3n) is 8.70. The maximum Gasteiger partial charge on any atom is 0.414 e. The number of anilines is 5. The van der Waals surface area contributed by atoms with E-state index in [0.29, 0.717) is 48.3 Å². The molecular weight excluding hydrogens is 595 g/mol. The Morgan fingerprint density at radius 1 is 1.09 bits per heavy atom. The number of carbonyl (C=O) groups is 2. The fourth-order valence-electron chi connectivity index (χ4n) is 6.01. The summed E-state index contributed by atoms with van der Waals surface area (Å²) in [6.45, 7) is 10.2. The molecule has 2 aliphatic heterocycles. The Hall–Kier alpha value is -4.36. The third kappa shape index (κ3) is 7.46. The zero-order valence-electron chi connectivity index (χ0n) is 28.5. The number of nitrogens with zero attached hydrogens (tertiary/aromatic N) is 7. The molecule has 1 atom stereocenters. The van der Waals surface area contributed by atoms with E-state index >= 15 is 0 Å². The van der Waals surface area contributed by atoms with Crippen molar-refractivity contribution in [2.45, 2.75) is 44.8 Å². The highest BCUT2D eigenvalue weighted by atomic mass is 16.6. The first-order valence-corrected chi connectivity index (χ1v) is 15.9. The van der Waals surface area contributed by atoms with Crippen LogP contribution < -0.4 is 24.8 Å². The van der Waals surface area contributed by atoms with Crippen LogP contribution in [0.25, 0.3) is 0 Å². The van der Waals surface area contributed by atoms with Crippen LogP contribution in [0.5, 0.6) is 5.75 Å². The van der Waals surface area contributed by atoms with E-state index in [1.54, 1.807) is 31.3 Å². The number of piperazine rings is 1. The first-order valence-electron chi connectivity index (χ1n) is 15.9. The van der Waals surface area contributed by atoms with Crippen molar-refractivity contribution in [3.05, 3.63) is 59.8 Å². The number of methoxy groups -OCH3 is 1. The molecule has 12 nitrogen and oxygen atoms in total. The number of amides is 2. The van der Waals surface area contributed by atoms with Gasteiger partial charge in [0.2, 0.25) is 12.4 Å². The maximum absolute atomic E-state index is 13.3. The molecule has 2 amide bonds. The van der Waals surface area contributed by atoms with Crippen molar-refractivity contribution >= 4 is 49.2 Å². The number of ether oxygens (including phenoxy) is 2. The molecule has 0 spiro atoms. The van der Waals surface area contributed by atoms with Crippen LogP contribution in [0.1, 0.15) is 38.3 Å². The highest BCUT2D eigenvalue weighted by Gasteiger charge is 2.42. The molecule has 13 heteroatoms. The van der Waals surface area contributed by atoms with Gasteiger partial charge in [-0.2, -0.15) is 4.98 Å². The van der Waals surface area contributed by atoms with Crippen LogP contribution in [-0.2, 0) is 21.5 Å². The summed E-state index contributed by atoms with van der Waals surface area (Å²) in [4.78, 5) is 44.2. The van der Waals surface area contributed by atoms with E-state index in [1.165, 1.54) is 10.6 Å². The van der Waals surface area contributed by atoms with E-state index in [2.05, 4.69) is 39.3 Å². The van der Waals surface area contributed by atoms with Gasteiger partial charge in [0.05, 0.1) is 12.8 Å². The van der Waals surface area contributed by atoms with Gasteiger partial charge < -0.3 is 34.4 Å². The van der Waals surface area contributed by atoms with E-state index in [4.69, 9.17) is 22.3 Å². The summed E-state index contributed by atoms with van der Waals surface area (Å²) >= 11 is 0. The second kappa shape index (κ2) is 13.8. The van der Waals surface area contributed by atoms with Crippen LogP contribution in [-0.4, -0.2) is 107 Å². The maximum atomic E-state index is 13.3. The molecule has 2 aliphatic rings. The van der Waals surface area contributed by atoms with Crippen LogP contribution in [0.2, 0.25) is 0 Å². The molecular formula is C34H45BN8O4. The van der Waals surface area contributed by atoms with Crippen LogP contribution in [0, 0.1) is 0 Å². The summed E-state index contributed by atoms with van der Waals surface area (Å²) in [7, 11) is 14.5. The Bertz CT molecular complexity index is 1580. The van der Waals surface area contributed by atoms with E-state index in [-0.39, 0.29) is 0 Å². The standard InChI is InChI=1S/C34H45BN8O4/c1-33(2,3)47-32(45)43-16-15-34(35,27-9-8-10-28(46-7)29(27)43)41(6)22-24-21-36-31(38-30(24)40(5)23-44)37-25-11-13-26(14-12-25)42-19-17-39(4)18-20-42/h8-14,21,23H,15-20,22H2,1-7H3,(H,36,37,38). The van der Waals surface area contributed by atoms with Gasteiger partial charge in [-0.15, -0.1) is 0 Å². The Labute approximate surface area is 279 Å². The summed E-state index contributed by atoms with van der Waals surface area (Å²) < 4.78 is 11.4. The number of likely N-dealkylation sites (N-methyl/N-ethyl adjacent to an activating group) is 1. The second-order valence-corrected chi connectivity index (χ2v) is 13.2. The van der Waals surface area contributed by atoms with Gasteiger partial charge in [-0.25, -0.2) is 9.78 Å². The van der Waals surface area contributed by atoms with Gasteiger partial charge in [0.25, 0.3) is 0 Å². The molecule has 1 N–H and O–H groups in total. The van der Waals surface area contributed by atoms with Gasteiger partial charge in [0.15, 0.2) is 0 Å². The number of para-hydroxylation sites is 1. The van der Waals surface area contributed by atoms with Crippen molar-refractivity contribution in [2.24, 2.45) is 0 Å². The average Bonchev–Trinajstić information content (AvgIpc) is 3.05. The molecule has 1 fully saturated rings. The lowest BCUT2D eigenvalue weighted by atomic mass is 9.66. The summed E-state index contributed by atoms with van der Waals surface area (Å²) in [6, 6.07) is 13.8. The van der Waals surface area contributed by atoms with E-state index in [9.17, 15) is 9.59 Å². The number of nitrogens with one attached hydrogen (secondary N) is 1. The topological polar surface area (TPSA) is 107 Å². The predicted octanol–water partition coefficient (Wildman–Crippen LogP) is 4.17. The van der Waals surface area contributed by atoms with Gasteiger partial charge in [-0.1, -0.05) is 12.1 Å². The molecule has 248 valence electrons. The highest BCUT2D eigenvalue weighted by Crippen LogP contribution is 2.46. The number of hydrogen-bond donors (Lipinski definition) is 1.